The highest BCUT2D eigenvalue weighted by Gasteiger charge is 2.41. The van der Waals surface area contributed by atoms with Crippen molar-refractivity contribution in [2.45, 2.75) is 51.6 Å². The third-order valence-electron chi connectivity index (χ3n) is 4.90. The standard InChI is InChI=1S/C18H24N2O4/c1-18(2)17(22)20(11-12-6-4-3-5-7-12)14-10-13(16(21)19-23)8-9-15(14)24-18/h8-10,12,23H,3-7,11H2,1-2H3,(H,19,21). The quantitative estimate of drug-likeness (QED) is 0.659. The normalized spacial score (nSPS) is 20.3. The Hall–Kier alpha value is -2.08. The van der Waals surface area contributed by atoms with Crippen molar-refractivity contribution in [3.8, 4) is 5.75 Å². The molecule has 0 saturated heterocycles. The van der Waals surface area contributed by atoms with E-state index in [-0.39, 0.29) is 5.91 Å². The zero-order valence-corrected chi connectivity index (χ0v) is 14.2. The van der Waals surface area contributed by atoms with Crippen LogP contribution >= 0.6 is 0 Å². The van der Waals surface area contributed by atoms with Crippen molar-refractivity contribution < 1.29 is 19.5 Å². The van der Waals surface area contributed by atoms with Crippen molar-refractivity contribution in [1.29, 1.82) is 0 Å². The van der Waals surface area contributed by atoms with Gasteiger partial charge in [0.1, 0.15) is 5.75 Å². The van der Waals surface area contributed by atoms with Crippen LogP contribution in [-0.4, -0.2) is 29.2 Å². The first kappa shape index (κ1) is 16.8. The van der Waals surface area contributed by atoms with Crippen molar-refractivity contribution in [3.63, 3.8) is 0 Å². The number of hydrogen-bond donors (Lipinski definition) is 2. The van der Waals surface area contributed by atoms with Crippen LogP contribution in [0.5, 0.6) is 5.75 Å². The van der Waals surface area contributed by atoms with E-state index in [1.54, 1.807) is 42.4 Å². The van der Waals surface area contributed by atoms with E-state index in [2.05, 4.69) is 0 Å². The Morgan fingerprint density at radius 3 is 2.71 bits per heavy atom. The summed E-state index contributed by atoms with van der Waals surface area (Å²) in [7, 11) is 0. The molecule has 1 aliphatic carbocycles. The van der Waals surface area contributed by atoms with Gasteiger partial charge in [-0.25, -0.2) is 5.48 Å². The third kappa shape index (κ3) is 3.11. The number of fused-ring (bicyclic) bond motifs is 1. The highest BCUT2D eigenvalue weighted by Crippen LogP contribution is 2.40. The molecule has 130 valence electrons. The van der Waals surface area contributed by atoms with Crippen LogP contribution in [-0.2, 0) is 4.79 Å². The summed E-state index contributed by atoms with van der Waals surface area (Å²) < 4.78 is 5.83. The van der Waals surface area contributed by atoms with Crippen LogP contribution in [0.15, 0.2) is 18.2 Å². The zero-order chi connectivity index (χ0) is 17.3. The number of anilines is 1. The Morgan fingerprint density at radius 1 is 1.33 bits per heavy atom. The van der Waals surface area contributed by atoms with E-state index in [0.29, 0.717) is 29.5 Å². The smallest absolute Gasteiger partial charge is 0.274 e. The van der Waals surface area contributed by atoms with Crippen molar-refractivity contribution in [1.82, 2.24) is 5.48 Å². The molecule has 2 N–H and O–H groups in total. The van der Waals surface area contributed by atoms with E-state index in [0.717, 1.165) is 12.8 Å². The number of rotatable bonds is 3. The van der Waals surface area contributed by atoms with E-state index >= 15 is 0 Å². The first-order valence-corrected chi connectivity index (χ1v) is 8.52. The van der Waals surface area contributed by atoms with Crippen LogP contribution in [0.4, 0.5) is 5.69 Å². The summed E-state index contributed by atoms with van der Waals surface area (Å²) in [6.07, 6.45) is 5.91. The number of nitrogens with zero attached hydrogens (tertiary/aromatic N) is 1. The molecule has 1 heterocycles. The maximum absolute atomic E-state index is 12.9. The van der Waals surface area contributed by atoms with Gasteiger partial charge in [-0.1, -0.05) is 19.3 Å². The van der Waals surface area contributed by atoms with E-state index in [1.165, 1.54) is 19.3 Å². The number of hydroxylamine groups is 1. The molecule has 6 nitrogen and oxygen atoms in total. The van der Waals surface area contributed by atoms with Gasteiger partial charge >= 0.3 is 0 Å². The van der Waals surface area contributed by atoms with Crippen molar-refractivity contribution in [2.24, 2.45) is 5.92 Å². The molecular weight excluding hydrogens is 308 g/mol. The lowest BCUT2D eigenvalue weighted by Crippen LogP contribution is -2.53. The summed E-state index contributed by atoms with van der Waals surface area (Å²) in [5.74, 6) is 0.361. The Labute approximate surface area is 141 Å². The molecule has 1 aromatic rings. The van der Waals surface area contributed by atoms with Gasteiger partial charge in [0.15, 0.2) is 5.60 Å². The highest BCUT2D eigenvalue weighted by molar-refractivity contribution is 6.04. The second-order valence-corrected chi connectivity index (χ2v) is 7.16. The Morgan fingerprint density at radius 2 is 2.04 bits per heavy atom. The molecule has 3 rings (SSSR count). The summed E-state index contributed by atoms with van der Waals surface area (Å²) >= 11 is 0. The molecular formula is C18H24N2O4. The van der Waals surface area contributed by atoms with Gasteiger partial charge < -0.3 is 9.64 Å². The van der Waals surface area contributed by atoms with E-state index in [9.17, 15) is 9.59 Å². The summed E-state index contributed by atoms with van der Waals surface area (Å²) in [6.45, 7) is 4.17. The third-order valence-corrected chi connectivity index (χ3v) is 4.90. The van der Waals surface area contributed by atoms with Crippen LogP contribution in [0.25, 0.3) is 0 Å². The maximum Gasteiger partial charge on any atom is 0.274 e. The number of amides is 2. The number of nitrogens with one attached hydrogen (secondary N) is 1. The maximum atomic E-state index is 12.9. The zero-order valence-electron chi connectivity index (χ0n) is 14.2. The second-order valence-electron chi connectivity index (χ2n) is 7.16. The molecule has 1 saturated carbocycles. The molecule has 0 bridgehead atoms. The highest BCUT2D eigenvalue weighted by atomic mass is 16.5. The molecule has 0 radical (unpaired) electrons. The predicted octanol–water partition coefficient (Wildman–Crippen LogP) is 2.89. The van der Waals surface area contributed by atoms with E-state index in [4.69, 9.17) is 9.94 Å². The minimum Gasteiger partial charge on any atom is -0.476 e. The number of hydrogen-bond acceptors (Lipinski definition) is 4. The minimum atomic E-state index is -0.928. The van der Waals surface area contributed by atoms with Gasteiger partial charge in [-0.05, 0) is 50.8 Å². The van der Waals surface area contributed by atoms with Crippen LogP contribution in [0.3, 0.4) is 0 Å². The summed E-state index contributed by atoms with van der Waals surface area (Å²) in [5, 5.41) is 8.84. The molecule has 0 atom stereocenters. The second kappa shape index (κ2) is 6.43. The molecule has 24 heavy (non-hydrogen) atoms. The summed E-state index contributed by atoms with van der Waals surface area (Å²) in [4.78, 5) is 26.3. The molecule has 1 fully saturated rings. The van der Waals surface area contributed by atoms with Gasteiger partial charge in [-0.3, -0.25) is 14.8 Å². The van der Waals surface area contributed by atoms with Gasteiger partial charge in [-0.2, -0.15) is 0 Å². The fourth-order valence-corrected chi connectivity index (χ4v) is 3.58. The molecule has 0 spiro atoms. The first-order valence-electron chi connectivity index (χ1n) is 8.52. The Kier molecular flexibility index (Phi) is 4.49. The van der Waals surface area contributed by atoms with Gasteiger partial charge in [0.05, 0.1) is 5.69 Å². The van der Waals surface area contributed by atoms with Gasteiger partial charge in [0.25, 0.3) is 11.8 Å². The average Bonchev–Trinajstić information content (AvgIpc) is 2.58. The number of carbonyl (C=O) groups is 2. The monoisotopic (exact) mass is 332 g/mol. The van der Waals surface area contributed by atoms with Gasteiger partial charge in [-0.15, -0.1) is 0 Å². The fourth-order valence-electron chi connectivity index (χ4n) is 3.58. The average molecular weight is 332 g/mol. The summed E-state index contributed by atoms with van der Waals surface area (Å²) in [5.41, 5.74) is 1.60. The topological polar surface area (TPSA) is 78.9 Å². The molecule has 6 heteroatoms. The van der Waals surface area contributed by atoms with Crippen molar-refractivity contribution in [2.75, 3.05) is 11.4 Å². The number of ether oxygens (including phenoxy) is 1. The lowest BCUT2D eigenvalue weighted by molar-refractivity contribution is -0.132. The van der Waals surface area contributed by atoms with Crippen molar-refractivity contribution >= 4 is 17.5 Å². The van der Waals surface area contributed by atoms with E-state index < -0.39 is 11.5 Å². The molecule has 1 aromatic carbocycles. The number of carbonyl (C=O) groups excluding carboxylic acids is 2. The Balaban J connectivity index is 1.96. The lowest BCUT2D eigenvalue weighted by atomic mass is 9.88. The summed E-state index contributed by atoms with van der Waals surface area (Å²) in [6, 6.07) is 4.87. The number of benzene rings is 1. The fraction of sp³-hybridized carbons (Fsp3) is 0.556. The largest absolute Gasteiger partial charge is 0.476 e. The molecule has 1 aliphatic heterocycles. The SMILES string of the molecule is CC1(C)Oc2ccc(C(=O)NO)cc2N(CC2CCCCC2)C1=O. The van der Waals surface area contributed by atoms with E-state index in [1.807, 2.05) is 0 Å². The molecule has 0 aromatic heterocycles. The Bertz CT molecular complexity index is 650. The lowest BCUT2D eigenvalue weighted by Gasteiger charge is -2.40. The van der Waals surface area contributed by atoms with Crippen LogP contribution in [0.2, 0.25) is 0 Å². The molecule has 0 unspecified atom stereocenters. The molecule has 2 aliphatic rings. The van der Waals surface area contributed by atoms with Crippen LogP contribution in [0.1, 0.15) is 56.3 Å². The van der Waals surface area contributed by atoms with Gasteiger partial charge in [0, 0.05) is 12.1 Å². The molecule has 2 amide bonds. The van der Waals surface area contributed by atoms with Crippen molar-refractivity contribution in [3.05, 3.63) is 23.8 Å². The van der Waals surface area contributed by atoms with Crippen LogP contribution in [0, 0.1) is 5.92 Å². The van der Waals surface area contributed by atoms with Crippen LogP contribution < -0.4 is 15.1 Å². The first-order chi connectivity index (χ1) is 11.4. The predicted molar refractivity (Wildman–Crippen MR) is 89.3 cm³/mol. The minimum absolute atomic E-state index is 0.0952. The van der Waals surface area contributed by atoms with Gasteiger partial charge in [0.2, 0.25) is 0 Å².